The number of barbiturate groups is 1. The number of carbonyl (C=O) groups is 5. The van der Waals surface area contributed by atoms with Crippen molar-refractivity contribution in [1.29, 1.82) is 0 Å². The monoisotopic (exact) mass is 381 g/mol. The molecule has 142 valence electrons. The summed E-state index contributed by atoms with van der Waals surface area (Å²) in [6.07, 6.45) is 0. The summed E-state index contributed by atoms with van der Waals surface area (Å²) in [4.78, 5) is 61.4. The van der Waals surface area contributed by atoms with Crippen LogP contribution in [0.1, 0.15) is 0 Å². The Morgan fingerprint density at radius 2 is 1.46 bits per heavy atom. The van der Waals surface area contributed by atoms with Gasteiger partial charge in [0.05, 0.1) is 5.69 Å². The topological polar surface area (TPSA) is 137 Å². The van der Waals surface area contributed by atoms with Gasteiger partial charge in [-0.05, 0) is 24.3 Å². The molecule has 0 radical (unpaired) electrons. The van der Waals surface area contributed by atoms with Gasteiger partial charge in [0.25, 0.3) is 11.8 Å². The minimum atomic E-state index is -1.84. The average molecular weight is 381 g/mol. The number of urea groups is 2. The SMILES string of the molecule is O=C(NNC(=O)C1C(=O)NC(=O)N(c2ccccc2)C1=O)Nc1ccccc1. The summed E-state index contributed by atoms with van der Waals surface area (Å²) in [6.45, 7) is 0. The van der Waals surface area contributed by atoms with Crippen LogP contribution >= 0.6 is 0 Å². The van der Waals surface area contributed by atoms with Crippen LogP contribution < -0.4 is 26.4 Å². The fraction of sp³-hybridized carbons (Fsp3) is 0.0556. The van der Waals surface area contributed by atoms with Gasteiger partial charge in [0, 0.05) is 5.69 Å². The standard InChI is InChI=1S/C18H15N5O5/c24-14-13(15(25)21-22-17(27)19-11-7-3-1-4-8-11)16(26)23(18(28)20-14)12-9-5-2-6-10-12/h1-10,13H,(H,21,25)(H2,19,22,27)(H,20,24,28). The predicted molar refractivity (Wildman–Crippen MR) is 97.7 cm³/mol. The number of hydrogen-bond donors (Lipinski definition) is 4. The molecule has 1 heterocycles. The van der Waals surface area contributed by atoms with Crippen molar-refractivity contribution < 1.29 is 24.0 Å². The van der Waals surface area contributed by atoms with Gasteiger partial charge in [-0.1, -0.05) is 36.4 Å². The highest BCUT2D eigenvalue weighted by Gasteiger charge is 2.45. The van der Waals surface area contributed by atoms with E-state index in [4.69, 9.17) is 0 Å². The Morgan fingerprint density at radius 3 is 2.11 bits per heavy atom. The van der Waals surface area contributed by atoms with Crippen molar-refractivity contribution >= 4 is 41.2 Å². The lowest BCUT2D eigenvalue weighted by Crippen LogP contribution is -2.63. The van der Waals surface area contributed by atoms with E-state index in [0.717, 1.165) is 0 Å². The summed E-state index contributed by atoms with van der Waals surface area (Å²) in [5.74, 6) is -5.03. The summed E-state index contributed by atoms with van der Waals surface area (Å²) in [7, 11) is 0. The first-order valence-corrected chi connectivity index (χ1v) is 8.13. The molecule has 1 aliphatic rings. The Labute approximate surface area is 158 Å². The molecular weight excluding hydrogens is 366 g/mol. The Bertz CT molecular complexity index is 932. The molecular formula is C18H15N5O5. The third-order valence-corrected chi connectivity index (χ3v) is 3.77. The number of para-hydroxylation sites is 2. The van der Waals surface area contributed by atoms with E-state index in [2.05, 4.69) is 5.32 Å². The zero-order chi connectivity index (χ0) is 20.1. The molecule has 10 nitrogen and oxygen atoms in total. The van der Waals surface area contributed by atoms with Crippen LogP contribution in [0.4, 0.5) is 21.0 Å². The van der Waals surface area contributed by atoms with E-state index < -0.39 is 35.7 Å². The molecule has 10 heteroatoms. The lowest BCUT2D eigenvalue weighted by Gasteiger charge is -2.29. The number of nitrogens with zero attached hydrogens (tertiary/aromatic N) is 1. The highest BCUT2D eigenvalue weighted by molar-refractivity contribution is 6.34. The van der Waals surface area contributed by atoms with Crippen LogP contribution in [-0.4, -0.2) is 29.8 Å². The molecule has 0 saturated carbocycles. The lowest BCUT2D eigenvalue weighted by atomic mass is 10.0. The number of benzene rings is 2. The molecule has 1 atom stereocenters. The smallest absolute Gasteiger partial charge is 0.307 e. The number of rotatable bonds is 3. The fourth-order valence-corrected chi connectivity index (χ4v) is 2.50. The molecule has 0 aromatic heterocycles. The Kier molecular flexibility index (Phi) is 5.30. The summed E-state index contributed by atoms with van der Waals surface area (Å²) in [5.41, 5.74) is 4.72. The first kappa shape index (κ1) is 18.6. The second kappa shape index (κ2) is 7.99. The average Bonchev–Trinajstić information content (AvgIpc) is 2.67. The van der Waals surface area contributed by atoms with Gasteiger partial charge in [0.1, 0.15) is 0 Å². The van der Waals surface area contributed by atoms with E-state index in [1.54, 1.807) is 48.5 Å². The van der Waals surface area contributed by atoms with Crippen LogP contribution in [0.3, 0.4) is 0 Å². The second-order valence-electron chi connectivity index (χ2n) is 5.67. The van der Waals surface area contributed by atoms with Gasteiger partial charge in [-0.2, -0.15) is 0 Å². The zero-order valence-corrected chi connectivity index (χ0v) is 14.3. The molecule has 1 fully saturated rings. The fourth-order valence-electron chi connectivity index (χ4n) is 2.50. The van der Waals surface area contributed by atoms with E-state index in [0.29, 0.717) is 10.6 Å². The van der Waals surface area contributed by atoms with Crippen LogP contribution in [0.5, 0.6) is 0 Å². The molecule has 3 rings (SSSR count). The molecule has 1 unspecified atom stereocenters. The molecule has 4 N–H and O–H groups in total. The number of hydrogen-bond acceptors (Lipinski definition) is 5. The van der Waals surface area contributed by atoms with Gasteiger partial charge in [-0.3, -0.25) is 25.1 Å². The Morgan fingerprint density at radius 1 is 0.857 bits per heavy atom. The van der Waals surface area contributed by atoms with Gasteiger partial charge in [-0.15, -0.1) is 0 Å². The van der Waals surface area contributed by atoms with Crippen molar-refractivity contribution in [2.45, 2.75) is 0 Å². The summed E-state index contributed by atoms with van der Waals surface area (Å²) < 4.78 is 0. The first-order valence-electron chi connectivity index (χ1n) is 8.13. The van der Waals surface area contributed by atoms with Crippen molar-refractivity contribution in [1.82, 2.24) is 16.2 Å². The predicted octanol–water partition coefficient (Wildman–Crippen LogP) is 0.738. The largest absolute Gasteiger partial charge is 0.337 e. The van der Waals surface area contributed by atoms with Gasteiger partial charge >= 0.3 is 12.1 Å². The van der Waals surface area contributed by atoms with E-state index >= 15 is 0 Å². The van der Waals surface area contributed by atoms with Gasteiger partial charge in [0.15, 0.2) is 5.92 Å². The van der Waals surface area contributed by atoms with Crippen LogP contribution in [-0.2, 0) is 14.4 Å². The van der Waals surface area contributed by atoms with Crippen molar-refractivity contribution in [3.63, 3.8) is 0 Å². The van der Waals surface area contributed by atoms with Crippen molar-refractivity contribution in [3.8, 4) is 0 Å². The maximum absolute atomic E-state index is 12.6. The highest BCUT2D eigenvalue weighted by Crippen LogP contribution is 2.20. The van der Waals surface area contributed by atoms with Gasteiger partial charge < -0.3 is 5.32 Å². The summed E-state index contributed by atoms with van der Waals surface area (Å²) >= 11 is 0. The van der Waals surface area contributed by atoms with Crippen LogP contribution in [0.25, 0.3) is 0 Å². The molecule has 0 aliphatic carbocycles. The Balaban J connectivity index is 1.66. The number of amides is 7. The van der Waals surface area contributed by atoms with E-state index in [-0.39, 0.29) is 5.69 Å². The van der Waals surface area contributed by atoms with E-state index in [1.807, 2.05) is 16.2 Å². The minimum Gasteiger partial charge on any atom is -0.307 e. The van der Waals surface area contributed by atoms with Crippen LogP contribution in [0.2, 0.25) is 0 Å². The second-order valence-corrected chi connectivity index (χ2v) is 5.67. The molecule has 1 saturated heterocycles. The minimum absolute atomic E-state index is 0.199. The molecule has 2 aromatic carbocycles. The lowest BCUT2D eigenvalue weighted by molar-refractivity contribution is -0.142. The van der Waals surface area contributed by atoms with E-state index in [1.165, 1.54) is 12.1 Å². The maximum atomic E-state index is 12.6. The van der Waals surface area contributed by atoms with Crippen LogP contribution in [0.15, 0.2) is 60.7 Å². The number of nitrogens with one attached hydrogen (secondary N) is 4. The van der Waals surface area contributed by atoms with Crippen LogP contribution in [0, 0.1) is 5.92 Å². The summed E-state index contributed by atoms with van der Waals surface area (Å²) in [5, 5.41) is 4.40. The van der Waals surface area contributed by atoms with Crippen molar-refractivity contribution in [2.24, 2.45) is 5.92 Å². The number of carbonyl (C=O) groups excluding carboxylic acids is 5. The molecule has 28 heavy (non-hydrogen) atoms. The number of hydrazine groups is 1. The molecule has 1 aliphatic heterocycles. The third kappa shape index (κ3) is 3.96. The van der Waals surface area contributed by atoms with Gasteiger partial charge in [-0.25, -0.2) is 19.9 Å². The van der Waals surface area contributed by atoms with Crippen molar-refractivity contribution in [3.05, 3.63) is 60.7 Å². The molecule has 0 bridgehead atoms. The third-order valence-electron chi connectivity index (χ3n) is 3.77. The first-order chi connectivity index (χ1) is 13.5. The van der Waals surface area contributed by atoms with Crippen molar-refractivity contribution in [2.75, 3.05) is 10.2 Å². The Hall–Kier alpha value is -4.21. The molecule has 2 aromatic rings. The highest BCUT2D eigenvalue weighted by atomic mass is 16.2. The normalized spacial score (nSPS) is 16.2. The molecule has 7 amide bonds. The zero-order valence-electron chi connectivity index (χ0n) is 14.3. The maximum Gasteiger partial charge on any atom is 0.337 e. The summed E-state index contributed by atoms with van der Waals surface area (Å²) in [6, 6.07) is 14.5. The van der Waals surface area contributed by atoms with Gasteiger partial charge in [0.2, 0.25) is 5.91 Å². The quantitative estimate of drug-likeness (QED) is 0.459. The van der Waals surface area contributed by atoms with E-state index in [9.17, 15) is 24.0 Å². The number of anilines is 2. The number of imide groups is 2. The molecule has 0 spiro atoms.